The van der Waals surface area contributed by atoms with Crippen molar-refractivity contribution in [1.82, 2.24) is 0 Å². The molecule has 0 spiro atoms. The lowest BCUT2D eigenvalue weighted by atomic mass is 9.59. The molecule has 0 aromatic heterocycles. The average molecular weight is 339 g/mol. The van der Waals surface area contributed by atoms with Gasteiger partial charge < -0.3 is 9.16 Å². The van der Waals surface area contributed by atoms with E-state index in [1.54, 1.807) is 0 Å². The topological polar surface area (TPSA) is 52.6 Å². The molecule has 1 fully saturated rings. The van der Waals surface area contributed by atoms with Crippen molar-refractivity contribution in [3.8, 4) is 0 Å². The predicted molar refractivity (Wildman–Crippen MR) is 92.6 cm³/mol. The summed E-state index contributed by atoms with van der Waals surface area (Å²) in [4.78, 5) is 25.6. The minimum absolute atomic E-state index is 0.00373. The normalized spacial score (nSPS) is 31.7. The van der Waals surface area contributed by atoms with Crippen molar-refractivity contribution in [2.24, 2.45) is 11.3 Å². The van der Waals surface area contributed by atoms with Crippen LogP contribution in [0.1, 0.15) is 46.5 Å². The lowest BCUT2D eigenvalue weighted by Gasteiger charge is -2.49. The first-order valence-corrected chi connectivity index (χ1v) is 11.4. The predicted octanol–water partition coefficient (Wildman–Crippen LogP) is 3.87. The Morgan fingerprint density at radius 1 is 1.35 bits per heavy atom. The highest BCUT2D eigenvalue weighted by atomic mass is 28.4. The van der Waals surface area contributed by atoms with Gasteiger partial charge in [-0.05, 0) is 43.3 Å². The van der Waals surface area contributed by atoms with Crippen molar-refractivity contribution in [2.45, 2.75) is 70.7 Å². The second kappa shape index (κ2) is 6.17. The van der Waals surface area contributed by atoms with Gasteiger partial charge in [-0.1, -0.05) is 32.9 Å². The van der Waals surface area contributed by atoms with E-state index in [1.165, 1.54) is 7.11 Å². The van der Waals surface area contributed by atoms with E-state index < -0.39 is 25.8 Å². The van der Waals surface area contributed by atoms with Crippen LogP contribution in [-0.4, -0.2) is 33.3 Å². The molecular formula is C18H30O4Si. The number of ketones is 1. The highest BCUT2D eigenvalue weighted by Gasteiger charge is 2.61. The van der Waals surface area contributed by atoms with E-state index in [0.29, 0.717) is 6.42 Å². The third-order valence-corrected chi connectivity index (χ3v) is 10.4. The first-order chi connectivity index (χ1) is 10.6. The molecule has 0 bridgehead atoms. The van der Waals surface area contributed by atoms with Gasteiger partial charge >= 0.3 is 5.97 Å². The van der Waals surface area contributed by atoms with Gasteiger partial charge in [0.2, 0.25) is 0 Å². The SMILES string of the molecule is COC(=O)[C@]12C(=O)CCC[C@H]1CC=C[C@@H]2O[Si](C)(C)C(C)(C)C. The first kappa shape index (κ1) is 18.4. The van der Waals surface area contributed by atoms with Crippen LogP contribution in [0.4, 0.5) is 0 Å². The van der Waals surface area contributed by atoms with Crippen molar-refractivity contribution < 1.29 is 18.8 Å². The number of allylic oxidation sites excluding steroid dienone is 1. The Kier molecular flexibility index (Phi) is 4.93. The summed E-state index contributed by atoms with van der Waals surface area (Å²) in [6.45, 7) is 10.8. The minimum Gasteiger partial charge on any atom is -0.468 e. The van der Waals surface area contributed by atoms with Crippen LogP contribution in [0.3, 0.4) is 0 Å². The van der Waals surface area contributed by atoms with Gasteiger partial charge in [0.1, 0.15) is 0 Å². The number of ether oxygens (including phenoxy) is 1. The quantitative estimate of drug-likeness (QED) is 0.339. The van der Waals surface area contributed by atoms with Crippen molar-refractivity contribution in [3.05, 3.63) is 12.2 Å². The Morgan fingerprint density at radius 2 is 2.00 bits per heavy atom. The number of carbonyl (C=O) groups is 2. The van der Waals surface area contributed by atoms with Gasteiger partial charge in [0.15, 0.2) is 19.5 Å². The van der Waals surface area contributed by atoms with E-state index in [0.717, 1.165) is 19.3 Å². The van der Waals surface area contributed by atoms with Crippen molar-refractivity contribution >= 4 is 20.1 Å². The summed E-state index contributed by atoms with van der Waals surface area (Å²) < 4.78 is 11.6. The van der Waals surface area contributed by atoms with Gasteiger partial charge in [-0.15, -0.1) is 0 Å². The van der Waals surface area contributed by atoms with E-state index >= 15 is 0 Å². The van der Waals surface area contributed by atoms with Gasteiger partial charge in [-0.25, -0.2) is 0 Å². The van der Waals surface area contributed by atoms with Crippen LogP contribution >= 0.6 is 0 Å². The number of methoxy groups -OCH3 is 1. The molecule has 0 aromatic carbocycles. The zero-order chi connectivity index (χ0) is 17.5. The Hall–Kier alpha value is -0.943. The average Bonchev–Trinajstić information content (AvgIpc) is 2.45. The molecule has 23 heavy (non-hydrogen) atoms. The maximum absolute atomic E-state index is 12.9. The number of hydrogen-bond acceptors (Lipinski definition) is 4. The number of rotatable bonds is 3. The molecule has 2 aliphatic carbocycles. The Morgan fingerprint density at radius 3 is 2.57 bits per heavy atom. The molecule has 5 heteroatoms. The molecule has 0 aromatic rings. The van der Waals surface area contributed by atoms with Gasteiger partial charge in [0, 0.05) is 6.42 Å². The fourth-order valence-electron chi connectivity index (χ4n) is 3.58. The van der Waals surface area contributed by atoms with E-state index in [2.05, 4.69) is 39.9 Å². The van der Waals surface area contributed by atoms with Gasteiger partial charge in [0.05, 0.1) is 13.2 Å². The maximum Gasteiger partial charge on any atom is 0.322 e. The van der Waals surface area contributed by atoms with Gasteiger partial charge in [0.25, 0.3) is 0 Å². The van der Waals surface area contributed by atoms with Gasteiger partial charge in [-0.2, -0.15) is 0 Å². The third-order valence-electron chi connectivity index (χ3n) is 5.99. The molecule has 3 atom stereocenters. The van der Waals surface area contributed by atoms with Crippen LogP contribution in [0.5, 0.6) is 0 Å². The van der Waals surface area contributed by atoms with E-state index in [9.17, 15) is 9.59 Å². The fraction of sp³-hybridized carbons (Fsp3) is 0.778. The molecule has 0 heterocycles. The highest BCUT2D eigenvalue weighted by Crippen LogP contribution is 2.50. The number of Topliss-reactive ketones (excluding diaryl/α,β-unsaturated/α-hetero) is 1. The van der Waals surface area contributed by atoms with Crippen LogP contribution in [0.15, 0.2) is 12.2 Å². The molecule has 0 amide bonds. The number of esters is 1. The molecule has 130 valence electrons. The lowest BCUT2D eigenvalue weighted by molar-refractivity contribution is -0.172. The van der Waals surface area contributed by atoms with Crippen LogP contribution < -0.4 is 0 Å². The van der Waals surface area contributed by atoms with E-state index in [1.807, 2.05) is 6.08 Å². The molecular weight excluding hydrogens is 308 g/mol. The van der Waals surface area contributed by atoms with Crippen LogP contribution in [-0.2, 0) is 18.8 Å². The second-order valence-electron chi connectivity index (χ2n) is 8.34. The zero-order valence-electron chi connectivity index (χ0n) is 15.3. The van der Waals surface area contributed by atoms with Crippen molar-refractivity contribution in [2.75, 3.05) is 7.11 Å². The maximum atomic E-state index is 12.9. The molecule has 2 aliphatic rings. The second-order valence-corrected chi connectivity index (χ2v) is 13.1. The van der Waals surface area contributed by atoms with E-state index in [4.69, 9.17) is 9.16 Å². The Labute approximate surface area is 140 Å². The van der Waals surface area contributed by atoms with Crippen molar-refractivity contribution in [1.29, 1.82) is 0 Å². The summed E-state index contributed by atoms with van der Waals surface area (Å²) in [5, 5.41) is 0.0167. The summed E-state index contributed by atoms with van der Waals surface area (Å²) in [5.41, 5.74) is -1.14. The largest absolute Gasteiger partial charge is 0.468 e. The molecule has 0 saturated heterocycles. The molecule has 0 unspecified atom stereocenters. The summed E-state index contributed by atoms with van der Waals surface area (Å²) in [7, 11) is -0.742. The summed E-state index contributed by atoms with van der Waals surface area (Å²) in [5.74, 6) is -0.426. The molecule has 0 N–H and O–H groups in total. The Bertz CT molecular complexity index is 508. The van der Waals surface area contributed by atoms with Crippen molar-refractivity contribution in [3.63, 3.8) is 0 Å². The fourth-order valence-corrected chi connectivity index (χ4v) is 4.83. The lowest BCUT2D eigenvalue weighted by Crippen LogP contribution is -2.60. The molecule has 0 aliphatic heterocycles. The molecule has 4 nitrogen and oxygen atoms in total. The monoisotopic (exact) mass is 338 g/mol. The number of fused-ring (bicyclic) bond motifs is 1. The van der Waals surface area contributed by atoms with Crippen LogP contribution in [0.25, 0.3) is 0 Å². The third kappa shape index (κ3) is 2.93. The highest BCUT2D eigenvalue weighted by molar-refractivity contribution is 6.74. The number of hydrogen-bond donors (Lipinski definition) is 0. The first-order valence-electron chi connectivity index (χ1n) is 8.53. The summed E-state index contributed by atoms with van der Waals surface area (Å²) in [6, 6.07) is 0. The molecule has 0 radical (unpaired) electrons. The van der Waals surface area contributed by atoms with Gasteiger partial charge in [-0.3, -0.25) is 9.59 Å². The Balaban J connectivity index is 2.47. The standard InChI is InChI=1S/C18H30O4Si/c1-17(2,3)23(5,6)22-15-12-8-10-13-9-7-11-14(19)18(13,15)16(20)21-4/h8,12-13,15H,7,9-11H2,1-6H3/t13-,15-,18-/m0/s1. The molecule has 2 rings (SSSR count). The molecule has 1 saturated carbocycles. The van der Waals surface area contributed by atoms with Crippen LogP contribution in [0.2, 0.25) is 18.1 Å². The minimum atomic E-state index is -2.12. The zero-order valence-corrected chi connectivity index (χ0v) is 16.3. The van der Waals surface area contributed by atoms with Crippen LogP contribution in [0, 0.1) is 11.3 Å². The summed E-state index contributed by atoms with van der Waals surface area (Å²) >= 11 is 0. The number of carbonyl (C=O) groups excluding carboxylic acids is 2. The summed E-state index contributed by atoms with van der Waals surface area (Å²) in [6.07, 6.45) is 6.42. The van der Waals surface area contributed by atoms with E-state index in [-0.39, 0.29) is 16.7 Å². The smallest absolute Gasteiger partial charge is 0.322 e.